The number of aromatic nitrogens is 2. The molecule has 1 amide bonds. The van der Waals surface area contributed by atoms with Crippen molar-refractivity contribution in [2.45, 2.75) is 0 Å². The first-order chi connectivity index (χ1) is 13.9. The van der Waals surface area contributed by atoms with E-state index in [1.54, 1.807) is 18.5 Å². The molecule has 0 radical (unpaired) electrons. The number of nitrogens with one attached hydrogen (secondary N) is 1. The Balaban J connectivity index is 1.47. The minimum Gasteiger partial charge on any atom is -0.351 e. The fraction of sp³-hybridized carbons (Fsp3) is 0.353. The van der Waals surface area contributed by atoms with Gasteiger partial charge < -0.3 is 10.2 Å². The number of rotatable bonds is 7. The lowest BCUT2D eigenvalue weighted by atomic mass is 10.2. The molecule has 0 saturated carbocycles. The van der Waals surface area contributed by atoms with Crippen LogP contribution in [0.15, 0.2) is 42.7 Å². The Labute approximate surface area is 167 Å². The summed E-state index contributed by atoms with van der Waals surface area (Å²) in [4.78, 5) is 32.4. The second-order valence-corrected chi connectivity index (χ2v) is 8.40. The number of sulfonamides is 1. The maximum atomic E-state index is 12.5. The number of hydrogen-bond acceptors (Lipinski definition) is 8. The number of hydrogen-bond donors (Lipinski definition) is 1. The van der Waals surface area contributed by atoms with Crippen LogP contribution in [0, 0.1) is 10.1 Å². The Morgan fingerprint density at radius 3 is 2.31 bits per heavy atom. The van der Waals surface area contributed by atoms with Crippen molar-refractivity contribution in [3.05, 3.63) is 58.4 Å². The van der Waals surface area contributed by atoms with Gasteiger partial charge in [0.25, 0.3) is 11.6 Å². The highest BCUT2D eigenvalue weighted by Gasteiger charge is 2.27. The van der Waals surface area contributed by atoms with Gasteiger partial charge in [-0.2, -0.15) is 4.31 Å². The molecule has 0 bridgehead atoms. The van der Waals surface area contributed by atoms with Gasteiger partial charge in [0.15, 0.2) is 0 Å². The quantitative estimate of drug-likeness (QED) is 0.497. The van der Waals surface area contributed by atoms with Crippen LogP contribution in [0.3, 0.4) is 0 Å². The maximum Gasteiger partial charge on any atom is 0.269 e. The molecule has 12 heteroatoms. The molecule has 1 saturated heterocycles. The van der Waals surface area contributed by atoms with E-state index < -0.39 is 20.9 Å². The molecule has 2 heterocycles. The van der Waals surface area contributed by atoms with Crippen LogP contribution in [0.2, 0.25) is 0 Å². The number of amides is 1. The Morgan fingerprint density at radius 1 is 1.10 bits per heavy atom. The van der Waals surface area contributed by atoms with Crippen molar-refractivity contribution in [3.8, 4) is 0 Å². The summed E-state index contributed by atoms with van der Waals surface area (Å²) in [5, 5.41) is 13.2. The minimum absolute atomic E-state index is 0.0554. The molecule has 0 aliphatic carbocycles. The van der Waals surface area contributed by atoms with E-state index in [0.717, 1.165) is 0 Å². The van der Waals surface area contributed by atoms with Crippen LogP contribution in [-0.4, -0.2) is 72.0 Å². The molecular formula is C17H20N6O5S. The number of anilines is 1. The third kappa shape index (κ3) is 5.23. The maximum absolute atomic E-state index is 12.5. The van der Waals surface area contributed by atoms with Crippen LogP contribution in [0.4, 0.5) is 11.6 Å². The number of carbonyl (C=O) groups is 1. The van der Waals surface area contributed by atoms with Crippen LogP contribution in [0.25, 0.3) is 0 Å². The normalized spacial score (nSPS) is 15.1. The standard InChI is InChI=1S/C17H20N6O5S/c24-16(14-2-4-15(5-3-14)23(25)26)18-8-13-29(27,28)22-11-9-21(10-12-22)17-19-6-1-7-20-17/h1-7H,8-13H2,(H,18,24). The van der Waals surface area contributed by atoms with Crippen molar-refractivity contribution in [2.24, 2.45) is 0 Å². The monoisotopic (exact) mass is 420 g/mol. The number of benzene rings is 1. The van der Waals surface area contributed by atoms with Crippen LogP contribution >= 0.6 is 0 Å². The average molecular weight is 420 g/mol. The zero-order valence-corrected chi connectivity index (χ0v) is 16.3. The molecule has 154 valence electrons. The third-order valence-corrected chi connectivity index (χ3v) is 6.32. The van der Waals surface area contributed by atoms with Crippen molar-refractivity contribution < 1.29 is 18.1 Å². The summed E-state index contributed by atoms with van der Waals surface area (Å²) in [6, 6.07) is 6.82. The second-order valence-electron chi connectivity index (χ2n) is 6.31. The molecule has 1 aromatic heterocycles. The second kappa shape index (κ2) is 8.92. The van der Waals surface area contributed by atoms with Crippen molar-refractivity contribution in [1.82, 2.24) is 19.6 Å². The molecule has 0 spiro atoms. The fourth-order valence-electron chi connectivity index (χ4n) is 2.88. The average Bonchev–Trinajstić information content (AvgIpc) is 2.74. The van der Waals surface area contributed by atoms with E-state index in [4.69, 9.17) is 0 Å². The van der Waals surface area contributed by atoms with E-state index in [1.807, 2.05) is 4.90 Å². The molecule has 1 aliphatic rings. The molecule has 1 fully saturated rings. The van der Waals surface area contributed by atoms with Crippen LogP contribution < -0.4 is 10.2 Å². The summed E-state index contributed by atoms with van der Waals surface area (Å²) in [7, 11) is -3.52. The first-order valence-electron chi connectivity index (χ1n) is 8.89. The van der Waals surface area contributed by atoms with E-state index >= 15 is 0 Å². The molecule has 1 N–H and O–H groups in total. The highest BCUT2D eigenvalue weighted by molar-refractivity contribution is 7.89. The number of nitro groups is 1. The lowest BCUT2D eigenvalue weighted by Crippen LogP contribution is -2.50. The van der Waals surface area contributed by atoms with Gasteiger partial charge in [-0.1, -0.05) is 0 Å². The van der Waals surface area contributed by atoms with Gasteiger partial charge >= 0.3 is 0 Å². The SMILES string of the molecule is O=C(NCCS(=O)(=O)N1CCN(c2ncccn2)CC1)c1ccc([N+](=O)[O-])cc1. The van der Waals surface area contributed by atoms with Gasteiger partial charge in [0.2, 0.25) is 16.0 Å². The van der Waals surface area contributed by atoms with Crippen molar-refractivity contribution in [1.29, 1.82) is 0 Å². The minimum atomic E-state index is -3.52. The number of carbonyl (C=O) groups excluding carboxylic acids is 1. The van der Waals surface area contributed by atoms with Gasteiger partial charge in [-0.05, 0) is 18.2 Å². The number of nitro benzene ring substituents is 1. The molecule has 0 atom stereocenters. The molecule has 11 nitrogen and oxygen atoms in total. The summed E-state index contributed by atoms with van der Waals surface area (Å²) >= 11 is 0. The zero-order valence-electron chi connectivity index (χ0n) is 15.5. The van der Waals surface area contributed by atoms with Gasteiger partial charge in [0.05, 0.1) is 10.7 Å². The molecule has 3 rings (SSSR count). The van der Waals surface area contributed by atoms with Gasteiger partial charge in [0, 0.05) is 62.8 Å². The van der Waals surface area contributed by atoms with E-state index in [1.165, 1.54) is 28.6 Å². The van der Waals surface area contributed by atoms with Crippen LogP contribution in [-0.2, 0) is 10.0 Å². The Kier molecular flexibility index (Phi) is 6.34. The summed E-state index contributed by atoms with van der Waals surface area (Å²) < 4.78 is 26.4. The lowest BCUT2D eigenvalue weighted by molar-refractivity contribution is -0.384. The predicted octanol–water partition coefficient (Wildman–Crippen LogP) is 0.267. The molecular weight excluding hydrogens is 400 g/mol. The van der Waals surface area contributed by atoms with Gasteiger partial charge in [-0.15, -0.1) is 0 Å². The van der Waals surface area contributed by atoms with E-state index in [-0.39, 0.29) is 23.5 Å². The fourth-order valence-corrected chi connectivity index (χ4v) is 4.22. The van der Waals surface area contributed by atoms with Crippen molar-refractivity contribution >= 4 is 27.6 Å². The van der Waals surface area contributed by atoms with Gasteiger partial charge in [0.1, 0.15) is 0 Å². The number of piperazine rings is 1. The Hall–Kier alpha value is -3.12. The Bertz CT molecular complexity index is 960. The van der Waals surface area contributed by atoms with Crippen LogP contribution in [0.5, 0.6) is 0 Å². The molecule has 1 aromatic carbocycles. The number of non-ortho nitro benzene ring substituents is 1. The largest absolute Gasteiger partial charge is 0.351 e. The highest BCUT2D eigenvalue weighted by atomic mass is 32.2. The first kappa shape index (κ1) is 20.6. The predicted molar refractivity (Wildman–Crippen MR) is 105 cm³/mol. The third-order valence-electron chi connectivity index (χ3n) is 4.45. The van der Waals surface area contributed by atoms with Crippen LogP contribution in [0.1, 0.15) is 10.4 Å². The molecule has 1 aliphatic heterocycles. The molecule has 0 unspecified atom stereocenters. The first-order valence-corrected chi connectivity index (χ1v) is 10.5. The van der Waals surface area contributed by atoms with Crippen molar-refractivity contribution in [2.75, 3.05) is 43.4 Å². The summed E-state index contributed by atoms with van der Waals surface area (Å²) in [6.07, 6.45) is 3.28. The van der Waals surface area contributed by atoms with E-state index in [9.17, 15) is 23.3 Å². The lowest BCUT2D eigenvalue weighted by Gasteiger charge is -2.33. The van der Waals surface area contributed by atoms with E-state index in [2.05, 4.69) is 15.3 Å². The topological polar surface area (TPSA) is 139 Å². The zero-order chi connectivity index (χ0) is 20.9. The van der Waals surface area contributed by atoms with Crippen molar-refractivity contribution in [3.63, 3.8) is 0 Å². The summed E-state index contributed by atoms with van der Waals surface area (Å²) in [5.74, 6) is -0.144. The Morgan fingerprint density at radius 2 is 1.72 bits per heavy atom. The number of nitrogens with zero attached hydrogens (tertiary/aromatic N) is 5. The van der Waals surface area contributed by atoms with Gasteiger partial charge in [-0.3, -0.25) is 14.9 Å². The summed E-state index contributed by atoms with van der Waals surface area (Å²) in [5.41, 5.74) is 0.105. The smallest absolute Gasteiger partial charge is 0.269 e. The summed E-state index contributed by atoms with van der Waals surface area (Å²) in [6.45, 7) is 1.55. The molecule has 2 aromatic rings. The molecule has 29 heavy (non-hydrogen) atoms. The van der Waals surface area contributed by atoms with E-state index in [0.29, 0.717) is 32.1 Å². The highest BCUT2D eigenvalue weighted by Crippen LogP contribution is 2.13. The van der Waals surface area contributed by atoms with Gasteiger partial charge in [-0.25, -0.2) is 18.4 Å².